The molecule has 31 heavy (non-hydrogen) atoms. The number of amides is 2. The van der Waals surface area contributed by atoms with Crippen molar-refractivity contribution >= 4 is 11.8 Å². The first-order valence-electron chi connectivity index (χ1n) is 11.4. The Bertz CT molecular complexity index is 854. The number of nitrogens with one attached hydrogen (secondary N) is 1. The summed E-state index contributed by atoms with van der Waals surface area (Å²) in [6, 6.07) is 14.3. The molecule has 2 amide bonds. The van der Waals surface area contributed by atoms with Crippen molar-refractivity contribution in [3.63, 3.8) is 0 Å². The molecule has 0 radical (unpaired) electrons. The number of benzene rings is 1. The van der Waals surface area contributed by atoms with Crippen molar-refractivity contribution in [2.24, 2.45) is 5.92 Å². The molecule has 1 aromatic heterocycles. The van der Waals surface area contributed by atoms with E-state index in [9.17, 15) is 9.59 Å². The van der Waals surface area contributed by atoms with Crippen LogP contribution in [-0.2, 0) is 16.1 Å². The van der Waals surface area contributed by atoms with Crippen LogP contribution in [0.15, 0.2) is 54.9 Å². The minimum absolute atomic E-state index is 0.0109. The maximum absolute atomic E-state index is 12.9. The van der Waals surface area contributed by atoms with Gasteiger partial charge in [-0.25, -0.2) is 0 Å². The molecule has 4 rings (SSSR count). The second-order valence-corrected chi connectivity index (χ2v) is 8.61. The van der Waals surface area contributed by atoms with Crippen LogP contribution in [0.3, 0.4) is 0 Å². The van der Waals surface area contributed by atoms with Gasteiger partial charge in [-0.15, -0.1) is 0 Å². The SMILES string of the molecule is O=C1CC(c2ccccc2)N(Cc2ccncc2)CCCN(C(=O)C2CCC2)CCN1. The van der Waals surface area contributed by atoms with E-state index >= 15 is 0 Å². The van der Waals surface area contributed by atoms with Gasteiger partial charge in [-0.1, -0.05) is 36.8 Å². The van der Waals surface area contributed by atoms with Crippen LogP contribution in [0, 0.1) is 5.92 Å². The van der Waals surface area contributed by atoms with Gasteiger partial charge in [0.1, 0.15) is 0 Å². The third kappa shape index (κ3) is 5.70. The summed E-state index contributed by atoms with van der Waals surface area (Å²) in [7, 11) is 0. The molecule has 1 aliphatic heterocycles. The van der Waals surface area contributed by atoms with Gasteiger partial charge in [0.25, 0.3) is 0 Å². The lowest BCUT2D eigenvalue weighted by molar-refractivity contribution is -0.138. The molecule has 2 aromatic rings. The van der Waals surface area contributed by atoms with Crippen LogP contribution < -0.4 is 5.32 Å². The topological polar surface area (TPSA) is 65.5 Å². The van der Waals surface area contributed by atoms with Crippen LogP contribution in [0.5, 0.6) is 0 Å². The van der Waals surface area contributed by atoms with Gasteiger partial charge >= 0.3 is 0 Å². The van der Waals surface area contributed by atoms with Crippen molar-refractivity contribution < 1.29 is 9.59 Å². The number of carbonyl (C=O) groups excluding carboxylic acids is 2. The summed E-state index contributed by atoms with van der Waals surface area (Å²) >= 11 is 0. The van der Waals surface area contributed by atoms with Crippen LogP contribution >= 0.6 is 0 Å². The van der Waals surface area contributed by atoms with Crippen molar-refractivity contribution in [1.82, 2.24) is 20.1 Å². The molecule has 6 heteroatoms. The number of hydrogen-bond acceptors (Lipinski definition) is 4. The summed E-state index contributed by atoms with van der Waals surface area (Å²) in [5.41, 5.74) is 2.32. The second kappa shape index (κ2) is 10.5. The van der Waals surface area contributed by atoms with Gasteiger partial charge in [-0.3, -0.25) is 19.5 Å². The maximum atomic E-state index is 12.9. The number of hydrogen-bond donors (Lipinski definition) is 1. The number of nitrogens with zero attached hydrogens (tertiary/aromatic N) is 3. The summed E-state index contributed by atoms with van der Waals surface area (Å²) in [6.07, 6.45) is 8.08. The zero-order valence-electron chi connectivity index (χ0n) is 18.1. The number of aromatic nitrogens is 1. The van der Waals surface area contributed by atoms with Gasteiger partial charge in [0.2, 0.25) is 11.8 Å². The van der Waals surface area contributed by atoms with Crippen molar-refractivity contribution in [2.45, 2.75) is 44.7 Å². The smallest absolute Gasteiger partial charge is 0.225 e. The Morgan fingerprint density at radius 1 is 1.00 bits per heavy atom. The molecule has 1 aromatic carbocycles. The molecule has 1 aliphatic carbocycles. The molecular weight excluding hydrogens is 388 g/mol. The molecular formula is C25H32N4O2. The molecule has 1 unspecified atom stereocenters. The fraction of sp³-hybridized carbons (Fsp3) is 0.480. The van der Waals surface area contributed by atoms with E-state index < -0.39 is 0 Å². The van der Waals surface area contributed by atoms with E-state index in [1.165, 1.54) is 5.56 Å². The predicted molar refractivity (Wildman–Crippen MR) is 120 cm³/mol. The maximum Gasteiger partial charge on any atom is 0.225 e. The van der Waals surface area contributed by atoms with Crippen molar-refractivity contribution in [2.75, 3.05) is 26.2 Å². The van der Waals surface area contributed by atoms with Crippen molar-refractivity contribution in [3.8, 4) is 0 Å². The normalized spacial score (nSPS) is 21.6. The van der Waals surface area contributed by atoms with Gasteiger partial charge in [0, 0.05) is 63.5 Å². The monoisotopic (exact) mass is 420 g/mol. The predicted octanol–water partition coefficient (Wildman–Crippen LogP) is 3.16. The van der Waals surface area contributed by atoms with Gasteiger partial charge in [0.15, 0.2) is 0 Å². The fourth-order valence-electron chi connectivity index (χ4n) is 4.49. The summed E-state index contributed by atoms with van der Waals surface area (Å²) in [6.45, 7) is 3.42. The third-order valence-electron chi connectivity index (χ3n) is 6.48. The average Bonchev–Trinajstić information content (AvgIpc) is 2.78. The average molecular weight is 421 g/mol. The minimum atomic E-state index is -0.0109. The van der Waals surface area contributed by atoms with E-state index in [0.29, 0.717) is 19.5 Å². The summed E-state index contributed by atoms with van der Waals surface area (Å²) in [4.78, 5) is 34.2. The Morgan fingerprint density at radius 2 is 1.77 bits per heavy atom. The molecule has 6 nitrogen and oxygen atoms in total. The quantitative estimate of drug-likeness (QED) is 0.825. The van der Waals surface area contributed by atoms with E-state index in [1.54, 1.807) is 0 Å². The van der Waals surface area contributed by atoms with E-state index in [1.807, 2.05) is 47.6 Å². The van der Waals surface area contributed by atoms with E-state index in [4.69, 9.17) is 0 Å². The van der Waals surface area contributed by atoms with Crippen LogP contribution in [0.2, 0.25) is 0 Å². The second-order valence-electron chi connectivity index (χ2n) is 8.61. The van der Waals surface area contributed by atoms with Crippen LogP contribution in [0.25, 0.3) is 0 Å². The molecule has 2 fully saturated rings. The molecule has 1 saturated heterocycles. The van der Waals surface area contributed by atoms with Crippen LogP contribution in [-0.4, -0.2) is 52.8 Å². The Morgan fingerprint density at radius 3 is 2.48 bits per heavy atom. The van der Waals surface area contributed by atoms with Crippen molar-refractivity contribution in [3.05, 3.63) is 66.0 Å². The summed E-state index contributed by atoms with van der Waals surface area (Å²) < 4.78 is 0. The molecule has 1 saturated carbocycles. The molecule has 164 valence electrons. The molecule has 2 heterocycles. The largest absolute Gasteiger partial charge is 0.354 e. The van der Waals surface area contributed by atoms with Gasteiger partial charge in [-0.2, -0.15) is 0 Å². The zero-order valence-corrected chi connectivity index (χ0v) is 18.1. The van der Waals surface area contributed by atoms with E-state index in [0.717, 1.165) is 50.9 Å². The molecule has 0 spiro atoms. The molecule has 2 aliphatic rings. The molecule has 0 bridgehead atoms. The van der Waals surface area contributed by atoms with Gasteiger partial charge in [0.05, 0.1) is 0 Å². The number of pyridine rings is 1. The zero-order chi connectivity index (χ0) is 21.5. The summed E-state index contributed by atoms with van der Waals surface area (Å²) in [5.74, 6) is 0.484. The highest BCUT2D eigenvalue weighted by Crippen LogP contribution is 2.29. The number of carbonyl (C=O) groups is 2. The summed E-state index contributed by atoms with van der Waals surface area (Å²) in [5, 5.41) is 3.05. The Kier molecular flexibility index (Phi) is 7.30. The first-order chi connectivity index (χ1) is 15.2. The molecule has 1 N–H and O–H groups in total. The lowest BCUT2D eigenvalue weighted by Crippen LogP contribution is -2.43. The lowest BCUT2D eigenvalue weighted by Gasteiger charge is -2.33. The standard InChI is InChI=1S/C25H32N4O2/c30-24-18-23(21-6-2-1-3-7-21)29(19-20-10-12-26-13-11-20)16-5-15-28(17-14-27-24)25(31)22-8-4-9-22/h1-3,6-7,10-13,22-23H,4-5,8-9,14-19H2,(H,27,30). The lowest BCUT2D eigenvalue weighted by atomic mass is 9.84. The van der Waals surface area contributed by atoms with Crippen LogP contribution in [0.1, 0.15) is 49.3 Å². The molecule has 1 atom stereocenters. The van der Waals surface area contributed by atoms with Crippen molar-refractivity contribution in [1.29, 1.82) is 0 Å². The minimum Gasteiger partial charge on any atom is -0.354 e. The van der Waals surface area contributed by atoms with E-state index in [2.05, 4.69) is 27.3 Å². The van der Waals surface area contributed by atoms with E-state index in [-0.39, 0.29) is 23.8 Å². The fourth-order valence-corrected chi connectivity index (χ4v) is 4.49. The Hall–Kier alpha value is -2.73. The van der Waals surface area contributed by atoms with Gasteiger partial charge in [-0.05, 0) is 42.5 Å². The van der Waals surface area contributed by atoms with Crippen LogP contribution in [0.4, 0.5) is 0 Å². The number of rotatable bonds is 4. The first kappa shape index (κ1) is 21.5. The highest BCUT2D eigenvalue weighted by Gasteiger charge is 2.30. The first-order valence-corrected chi connectivity index (χ1v) is 11.4. The third-order valence-corrected chi connectivity index (χ3v) is 6.48. The highest BCUT2D eigenvalue weighted by atomic mass is 16.2. The highest BCUT2D eigenvalue weighted by molar-refractivity contribution is 5.80. The Balaban J connectivity index is 1.55. The van der Waals surface area contributed by atoms with Gasteiger partial charge < -0.3 is 10.2 Å². The Labute approximate surface area is 184 Å².